The molecule has 3 aromatic rings. The van der Waals surface area contributed by atoms with Gasteiger partial charge in [0.2, 0.25) is 5.95 Å². The van der Waals surface area contributed by atoms with Crippen molar-refractivity contribution in [2.75, 3.05) is 11.9 Å². The SMILES string of the molecule is NCCC(=O)Oc1ccccc1C(=O)Nc1nc(CC(F)(F)F)nn1-c1ccccc1. The van der Waals surface area contributed by atoms with Crippen LogP contribution in [-0.4, -0.2) is 39.4 Å². The molecule has 0 aliphatic rings. The predicted molar refractivity (Wildman–Crippen MR) is 105 cm³/mol. The summed E-state index contributed by atoms with van der Waals surface area (Å²) in [6.07, 6.45) is -5.92. The van der Waals surface area contributed by atoms with Crippen LogP contribution in [0.15, 0.2) is 54.6 Å². The van der Waals surface area contributed by atoms with Crippen LogP contribution in [-0.2, 0) is 11.2 Å². The fourth-order valence-corrected chi connectivity index (χ4v) is 2.64. The van der Waals surface area contributed by atoms with Gasteiger partial charge >= 0.3 is 12.1 Å². The molecule has 31 heavy (non-hydrogen) atoms. The number of ether oxygens (including phenoxy) is 1. The number of benzene rings is 2. The van der Waals surface area contributed by atoms with E-state index in [0.717, 1.165) is 4.68 Å². The highest BCUT2D eigenvalue weighted by atomic mass is 19.4. The minimum Gasteiger partial charge on any atom is -0.426 e. The number of nitrogens with two attached hydrogens (primary N) is 1. The molecule has 0 aliphatic heterocycles. The lowest BCUT2D eigenvalue weighted by atomic mass is 10.2. The number of nitrogens with zero attached hydrogens (tertiary/aromatic N) is 3. The second kappa shape index (κ2) is 9.39. The number of esters is 1. The molecule has 8 nitrogen and oxygen atoms in total. The van der Waals surface area contributed by atoms with Gasteiger partial charge in [-0.1, -0.05) is 30.3 Å². The Hall–Kier alpha value is -3.73. The van der Waals surface area contributed by atoms with Crippen molar-refractivity contribution in [2.24, 2.45) is 5.73 Å². The average molecular weight is 433 g/mol. The minimum atomic E-state index is -4.52. The number of anilines is 1. The van der Waals surface area contributed by atoms with E-state index >= 15 is 0 Å². The molecular formula is C20H18F3N5O3. The lowest BCUT2D eigenvalue weighted by Crippen LogP contribution is -2.19. The number of carbonyl (C=O) groups is 2. The van der Waals surface area contributed by atoms with Crippen molar-refractivity contribution in [3.8, 4) is 11.4 Å². The molecule has 0 fully saturated rings. The lowest BCUT2D eigenvalue weighted by molar-refractivity contribution is -0.134. The van der Waals surface area contributed by atoms with Crippen molar-refractivity contribution in [1.82, 2.24) is 14.8 Å². The van der Waals surface area contributed by atoms with Gasteiger partial charge in [-0.25, -0.2) is 0 Å². The van der Waals surface area contributed by atoms with Crippen LogP contribution >= 0.6 is 0 Å². The molecule has 0 saturated carbocycles. The molecule has 3 rings (SSSR count). The summed E-state index contributed by atoms with van der Waals surface area (Å²) >= 11 is 0. The third-order valence-electron chi connectivity index (χ3n) is 3.94. The molecule has 0 unspecified atom stereocenters. The number of alkyl halides is 3. The molecule has 1 aromatic heterocycles. The highest BCUT2D eigenvalue weighted by molar-refractivity contribution is 6.05. The number of hydrogen-bond donors (Lipinski definition) is 2. The second-order valence-corrected chi connectivity index (χ2v) is 6.35. The van der Waals surface area contributed by atoms with E-state index in [1.54, 1.807) is 42.5 Å². The zero-order valence-corrected chi connectivity index (χ0v) is 16.1. The normalized spacial score (nSPS) is 11.2. The molecule has 162 valence electrons. The summed E-state index contributed by atoms with van der Waals surface area (Å²) in [4.78, 5) is 28.4. The number of rotatable bonds is 7. The zero-order chi connectivity index (χ0) is 22.4. The minimum absolute atomic E-state index is 0.00662. The lowest BCUT2D eigenvalue weighted by Gasteiger charge is -2.10. The fraction of sp³-hybridized carbons (Fsp3) is 0.200. The predicted octanol–water partition coefficient (Wildman–Crippen LogP) is 2.88. The number of aromatic nitrogens is 3. The Morgan fingerprint density at radius 1 is 1.06 bits per heavy atom. The van der Waals surface area contributed by atoms with Crippen molar-refractivity contribution < 1.29 is 27.5 Å². The van der Waals surface area contributed by atoms with Gasteiger partial charge in [-0.2, -0.15) is 22.8 Å². The molecule has 1 amide bonds. The molecule has 0 aliphatic carbocycles. The van der Waals surface area contributed by atoms with Crippen LogP contribution in [0.2, 0.25) is 0 Å². The molecule has 2 aromatic carbocycles. The van der Waals surface area contributed by atoms with Gasteiger partial charge in [-0.15, -0.1) is 5.10 Å². The quantitative estimate of drug-likeness (QED) is 0.438. The van der Waals surface area contributed by atoms with E-state index in [1.165, 1.54) is 12.1 Å². The summed E-state index contributed by atoms with van der Waals surface area (Å²) in [5.74, 6) is -2.09. The van der Waals surface area contributed by atoms with Crippen molar-refractivity contribution in [3.63, 3.8) is 0 Å². The molecule has 0 radical (unpaired) electrons. The van der Waals surface area contributed by atoms with Crippen LogP contribution in [0.4, 0.5) is 19.1 Å². The summed E-state index contributed by atoms with van der Waals surface area (Å²) in [6, 6.07) is 14.2. The monoisotopic (exact) mass is 433 g/mol. The van der Waals surface area contributed by atoms with Crippen molar-refractivity contribution in [1.29, 1.82) is 0 Å². The fourth-order valence-electron chi connectivity index (χ4n) is 2.64. The van der Waals surface area contributed by atoms with Crippen molar-refractivity contribution in [2.45, 2.75) is 19.0 Å². The number of para-hydroxylation sites is 2. The molecule has 0 atom stereocenters. The second-order valence-electron chi connectivity index (χ2n) is 6.35. The first-order valence-corrected chi connectivity index (χ1v) is 9.16. The van der Waals surface area contributed by atoms with Crippen LogP contribution in [0, 0.1) is 0 Å². The Labute approximate surface area is 174 Å². The van der Waals surface area contributed by atoms with E-state index in [1.807, 2.05) is 0 Å². The first-order chi connectivity index (χ1) is 14.8. The Kier molecular flexibility index (Phi) is 6.65. The number of amides is 1. The maximum Gasteiger partial charge on any atom is 0.396 e. The van der Waals surface area contributed by atoms with Gasteiger partial charge in [0.05, 0.1) is 17.7 Å². The number of carbonyl (C=O) groups excluding carboxylic acids is 2. The Balaban J connectivity index is 1.92. The van der Waals surface area contributed by atoms with Crippen molar-refractivity contribution in [3.05, 3.63) is 66.0 Å². The van der Waals surface area contributed by atoms with E-state index < -0.39 is 30.3 Å². The summed E-state index contributed by atoms with van der Waals surface area (Å²) in [5, 5.41) is 6.32. The summed E-state index contributed by atoms with van der Waals surface area (Å²) < 4.78 is 44.7. The Bertz CT molecular complexity index is 1070. The first-order valence-electron chi connectivity index (χ1n) is 9.16. The van der Waals surface area contributed by atoms with Gasteiger partial charge in [0.25, 0.3) is 5.91 Å². The van der Waals surface area contributed by atoms with Crippen LogP contribution in [0.3, 0.4) is 0 Å². The third kappa shape index (κ3) is 5.89. The van der Waals surface area contributed by atoms with E-state index in [2.05, 4.69) is 15.4 Å². The van der Waals surface area contributed by atoms with E-state index in [0.29, 0.717) is 5.69 Å². The van der Waals surface area contributed by atoms with Gasteiger partial charge < -0.3 is 10.5 Å². The van der Waals surface area contributed by atoms with Gasteiger partial charge in [0.15, 0.2) is 5.82 Å². The summed E-state index contributed by atoms with van der Waals surface area (Å²) in [7, 11) is 0. The van der Waals surface area contributed by atoms with Crippen LogP contribution in [0.1, 0.15) is 22.6 Å². The van der Waals surface area contributed by atoms with Crippen molar-refractivity contribution >= 4 is 17.8 Å². The third-order valence-corrected chi connectivity index (χ3v) is 3.94. The van der Waals surface area contributed by atoms with Gasteiger partial charge in [-0.3, -0.25) is 14.9 Å². The van der Waals surface area contributed by atoms with Crippen LogP contribution < -0.4 is 15.8 Å². The summed E-state index contributed by atoms with van der Waals surface area (Å²) in [6.45, 7) is 0.0787. The Morgan fingerprint density at radius 3 is 2.42 bits per heavy atom. The molecule has 3 N–H and O–H groups in total. The molecular weight excluding hydrogens is 415 g/mol. The zero-order valence-electron chi connectivity index (χ0n) is 16.1. The standard InChI is InChI=1S/C20H18F3N5O3/c21-20(22,23)12-16-25-19(28(27-16)13-6-2-1-3-7-13)26-18(30)14-8-4-5-9-15(14)31-17(29)10-11-24/h1-9H,10-12,24H2,(H,25,26,27,30). The first kappa shape index (κ1) is 22.0. The van der Waals surface area contributed by atoms with E-state index in [-0.39, 0.29) is 30.2 Å². The maximum absolute atomic E-state index is 12.8. The molecule has 0 saturated heterocycles. The number of hydrogen-bond acceptors (Lipinski definition) is 6. The van der Waals surface area contributed by atoms with Crippen LogP contribution in [0.25, 0.3) is 5.69 Å². The highest BCUT2D eigenvalue weighted by Crippen LogP contribution is 2.24. The average Bonchev–Trinajstić information content (AvgIpc) is 3.09. The summed E-state index contributed by atoms with van der Waals surface area (Å²) in [5.41, 5.74) is 5.72. The van der Waals surface area contributed by atoms with Gasteiger partial charge in [0.1, 0.15) is 12.2 Å². The smallest absolute Gasteiger partial charge is 0.396 e. The van der Waals surface area contributed by atoms with Gasteiger partial charge in [0, 0.05) is 6.54 Å². The van der Waals surface area contributed by atoms with E-state index in [9.17, 15) is 22.8 Å². The number of halogens is 3. The Morgan fingerprint density at radius 2 is 1.74 bits per heavy atom. The molecule has 1 heterocycles. The topological polar surface area (TPSA) is 112 Å². The molecule has 0 spiro atoms. The molecule has 0 bridgehead atoms. The maximum atomic E-state index is 12.8. The van der Waals surface area contributed by atoms with Gasteiger partial charge in [-0.05, 0) is 24.3 Å². The van der Waals surface area contributed by atoms with E-state index in [4.69, 9.17) is 10.5 Å². The molecule has 11 heteroatoms. The number of nitrogens with one attached hydrogen (secondary N) is 1. The van der Waals surface area contributed by atoms with Crippen LogP contribution in [0.5, 0.6) is 5.75 Å². The largest absolute Gasteiger partial charge is 0.426 e. The highest BCUT2D eigenvalue weighted by Gasteiger charge is 2.31.